The van der Waals surface area contributed by atoms with Crippen molar-refractivity contribution in [1.29, 1.82) is 0 Å². The minimum Gasteiger partial charge on any atom is -0.364 e. The molecule has 30 heavy (non-hydrogen) atoms. The van der Waals surface area contributed by atoms with E-state index in [9.17, 15) is 18.0 Å². The number of rotatable bonds is 5. The van der Waals surface area contributed by atoms with Crippen LogP contribution in [0.4, 0.5) is 18.9 Å². The molecule has 1 amide bonds. The van der Waals surface area contributed by atoms with Gasteiger partial charge in [0.05, 0.1) is 17.9 Å². The molecule has 3 rings (SSSR count). The van der Waals surface area contributed by atoms with Crippen LogP contribution in [0.1, 0.15) is 5.69 Å². The quantitative estimate of drug-likeness (QED) is 0.263. The number of guanidine groups is 1. The summed E-state index contributed by atoms with van der Waals surface area (Å²) in [6.45, 7) is 3.43. The summed E-state index contributed by atoms with van der Waals surface area (Å²) in [5.74, 6) is -4.48. The van der Waals surface area contributed by atoms with E-state index in [0.717, 1.165) is 30.9 Å². The third-order valence-corrected chi connectivity index (χ3v) is 4.48. The smallest absolute Gasteiger partial charge is 0.243 e. The highest BCUT2D eigenvalue weighted by atomic mass is 127. The summed E-state index contributed by atoms with van der Waals surface area (Å²) in [6, 6.07) is 3.54. The van der Waals surface area contributed by atoms with Gasteiger partial charge < -0.3 is 20.1 Å². The number of nitrogens with one attached hydrogen (secondary N) is 2. The zero-order valence-electron chi connectivity index (χ0n) is 16.2. The summed E-state index contributed by atoms with van der Waals surface area (Å²) in [5, 5.41) is 9.00. The van der Waals surface area contributed by atoms with Gasteiger partial charge in [0.1, 0.15) is 6.26 Å². The van der Waals surface area contributed by atoms with Crippen molar-refractivity contribution in [2.45, 2.75) is 6.54 Å². The highest BCUT2D eigenvalue weighted by Gasteiger charge is 2.21. The molecule has 2 aromatic rings. The number of piperazine rings is 1. The Hall–Kier alpha value is -2.35. The first-order valence-corrected chi connectivity index (χ1v) is 8.98. The number of anilines is 1. The third kappa shape index (κ3) is 6.08. The van der Waals surface area contributed by atoms with Gasteiger partial charge >= 0.3 is 0 Å². The van der Waals surface area contributed by atoms with Crippen molar-refractivity contribution >= 4 is 41.5 Å². The largest absolute Gasteiger partial charge is 0.364 e. The lowest BCUT2D eigenvalue weighted by atomic mass is 10.2. The Labute approximate surface area is 188 Å². The van der Waals surface area contributed by atoms with E-state index in [1.807, 2.05) is 11.0 Å². The van der Waals surface area contributed by atoms with Crippen LogP contribution < -0.4 is 10.6 Å². The SMILES string of the molecule is CN=C(NCC(=O)Nc1ccc(F)c(F)c1F)N1CCN(Cc2ccon2)CC1.I. The summed E-state index contributed by atoms with van der Waals surface area (Å²) < 4.78 is 44.7. The van der Waals surface area contributed by atoms with Crippen molar-refractivity contribution < 1.29 is 22.5 Å². The van der Waals surface area contributed by atoms with Crippen LogP contribution in [-0.4, -0.2) is 66.6 Å². The Balaban J connectivity index is 0.00000320. The second kappa shape index (κ2) is 11.2. The number of benzene rings is 1. The highest BCUT2D eigenvalue weighted by molar-refractivity contribution is 14.0. The maximum absolute atomic E-state index is 13.7. The number of hydrogen-bond donors (Lipinski definition) is 2. The number of nitrogens with zero attached hydrogens (tertiary/aromatic N) is 4. The molecule has 1 aromatic heterocycles. The van der Waals surface area contributed by atoms with Crippen LogP contribution >= 0.6 is 24.0 Å². The van der Waals surface area contributed by atoms with E-state index in [0.29, 0.717) is 25.6 Å². The first-order chi connectivity index (χ1) is 14.0. The molecule has 0 unspecified atom stereocenters. The molecule has 2 N–H and O–H groups in total. The Morgan fingerprint density at radius 2 is 1.90 bits per heavy atom. The average Bonchev–Trinajstić information content (AvgIpc) is 3.23. The van der Waals surface area contributed by atoms with Crippen molar-refractivity contribution in [3.8, 4) is 0 Å². The van der Waals surface area contributed by atoms with Crippen molar-refractivity contribution in [1.82, 2.24) is 20.3 Å². The zero-order valence-corrected chi connectivity index (χ0v) is 18.5. The van der Waals surface area contributed by atoms with Crippen LogP contribution in [0.2, 0.25) is 0 Å². The minimum atomic E-state index is -1.63. The number of carbonyl (C=O) groups excluding carboxylic acids is 1. The number of hydrogen-bond acceptors (Lipinski definition) is 5. The summed E-state index contributed by atoms with van der Waals surface area (Å²) in [6.07, 6.45) is 1.54. The zero-order chi connectivity index (χ0) is 20.8. The Morgan fingerprint density at radius 1 is 1.17 bits per heavy atom. The molecule has 164 valence electrons. The normalized spacial score (nSPS) is 14.9. The van der Waals surface area contributed by atoms with E-state index in [-0.39, 0.29) is 30.5 Å². The van der Waals surface area contributed by atoms with Crippen molar-refractivity contribution in [2.24, 2.45) is 4.99 Å². The maximum atomic E-state index is 13.7. The van der Waals surface area contributed by atoms with Crippen LogP contribution in [0.3, 0.4) is 0 Å². The van der Waals surface area contributed by atoms with Gasteiger partial charge in [-0.25, -0.2) is 13.2 Å². The first-order valence-electron chi connectivity index (χ1n) is 8.98. The Bertz CT molecular complexity index is 873. The van der Waals surface area contributed by atoms with E-state index < -0.39 is 29.0 Å². The van der Waals surface area contributed by atoms with Crippen LogP contribution in [0.25, 0.3) is 0 Å². The predicted molar refractivity (Wildman–Crippen MR) is 115 cm³/mol. The second-order valence-electron chi connectivity index (χ2n) is 6.43. The van der Waals surface area contributed by atoms with Crippen LogP contribution in [0.15, 0.2) is 34.0 Å². The topological polar surface area (TPSA) is 86.0 Å². The molecule has 0 aliphatic carbocycles. The van der Waals surface area contributed by atoms with Crippen molar-refractivity contribution in [3.05, 3.63) is 47.6 Å². The molecule has 1 aromatic carbocycles. The summed E-state index contributed by atoms with van der Waals surface area (Å²) in [4.78, 5) is 20.4. The maximum Gasteiger partial charge on any atom is 0.243 e. The minimum absolute atomic E-state index is 0. The molecule has 8 nitrogen and oxygen atoms in total. The number of aliphatic imine (C=N–C) groups is 1. The molecule has 1 saturated heterocycles. The number of carbonyl (C=O) groups is 1. The standard InChI is InChI=1S/C18H21F3N6O2.HI/c1-22-18(27-7-5-26(6-8-27)11-12-4-9-29-25-12)23-10-15(28)24-14-3-2-13(19)16(20)17(14)21;/h2-4,9H,5-8,10-11H2,1H3,(H,22,23)(H,24,28);1H. The summed E-state index contributed by atoms with van der Waals surface area (Å²) in [7, 11) is 1.59. The molecule has 2 heterocycles. The van der Waals surface area contributed by atoms with Gasteiger partial charge in [0.2, 0.25) is 5.91 Å². The van der Waals surface area contributed by atoms with Crippen molar-refractivity contribution in [3.63, 3.8) is 0 Å². The van der Waals surface area contributed by atoms with Gasteiger partial charge in [0, 0.05) is 45.8 Å². The van der Waals surface area contributed by atoms with E-state index in [1.165, 1.54) is 6.26 Å². The number of amides is 1. The number of aromatic nitrogens is 1. The molecule has 0 radical (unpaired) electrons. The van der Waals surface area contributed by atoms with E-state index in [4.69, 9.17) is 4.52 Å². The third-order valence-electron chi connectivity index (χ3n) is 4.48. The first kappa shape index (κ1) is 23.9. The lowest BCUT2D eigenvalue weighted by Crippen LogP contribution is -2.53. The monoisotopic (exact) mass is 538 g/mol. The summed E-state index contributed by atoms with van der Waals surface area (Å²) >= 11 is 0. The van der Waals surface area contributed by atoms with Gasteiger partial charge in [-0.2, -0.15) is 0 Å². The molecule has 12 heteroatoms. The molecule has 0 atom stereocenters. The van der Waals surface area contributed by atoms with Gasteiger partial charge in [0.25, 0.3) is 0 Å². The van der Waals surface area contributed by atoms with Crippen LogP contribution in [0, 0.1) is 17.5 Å². The fraction of sp³-hybridized carbons (Fsp3) is 0.389. The summed E-state index contributed by atoms with van der Waals surface area (Å²) in [5.41, 5.74) is 0.439. The molecule has 0 saturated carbocycles. The van der Waals surface area contributed by atoms with E-state index in [1.54, 1.807) is 7.05 Å². The average molecular weight is 538 g/mol. The van der Waals surface area contributed by atoms with E-state index >= 15 is 0 Å². The molecule has 1 aliphatic heterocycles. The van der Waals surface area contributed by atoms with Gasteiger partial charge in [0.15, 0.2) is 23.4 Å². The molecule has 0 bridgehead atoms. The lowest BCUT2D eigenvalue weighted by Gasteiger charge is -2.36. The molecular formula is C18H22F3IN6O2. The number of halogens is 4. The van der Waals surface area contributed by atoms with Crippen LogP contribution in [0.5, 0.6) is 0 Å². The highest BCUT2D eigenvalue weighted by Crippen LogP contribution is 2.19. The Morgan fingerprint density at radius 3 is 2.53 bits per heavy atom. The predicted octanol–water partition coefficient (Wildman–Crippen LogP) is 2.04. The van der Waals surface area contributed by atoms with Crippen LogP contribution in [-0.2, 0) is 11.3 Å². The van der Waals surface area contributed by atoms with Gasteiger partial charge in [-0.15, -0.1) is 24.0 Å². The van der Waals surface area contributed by atoms with Crippen molar-refractivity contribution in [2.75, 3.05) is 45.1 Å². The fourth-order valence-electron chi connectivity index (χ4n) is 2.97. The second-order valence-corrected chi connectivity index (χ2v) is 6.43. The van der Waals surface area contributed by atoms with Gasteiger partial charge in [-0.05, 0) is 12.1 Å². The fourth-order valence-corrected chi connectivity index (χ4v) is 2.97. The van der Waals surface area contributed by atoms with Gasteiger partial charge in [-0.3, -0.25) is 14.7 Å². The molecule has 0 spiro atoms. The molecule has 1 fully saturated rings. The molecular weight excluding hydrogens is 516 g/mol. The van der Waals surface area contributed by atoms with E-state index in [2.05, 4.69) is 25.7 Å². The van der Waals surface area contributed by atoms with Gasteiger partial charge in [-0.1, -0.05) is 5.16 Å². The Kier molecular flexibility index (Phi) is 8.89. The molecule has 1 aliphatic rings. The lowest BCUT2D eigenvalue weighted by molar-refractivity contribution is -0.115.